The molecule has 2 aliphatic heterocycles. The van der Waals surface area contributed by atoms with E-state index >= 15 is 0 Å². The average molecular weight is 335 g/mol. The minimum atomic E-state index is -1.01. The second kappa shape index (κ2) is 5.75. The monoisotopic (exact) mass is 335 g/mol. The van der Waals surface area contributed by atoms with Crippen molar-refractivity contribution in [3.8, 4) is 0 Å². The Morgan fingerprint density at radius 3 is 2.83 bits per heavy atom. The van der Waals surface area contributed by atoms with Crippen molar-refractivity contribution in [3.63, 3.8) is 0 Å². The number of carboxylic acid groups (broad SMARTS) is 1. The summed E-state index contributed by atoms with van der Waals surface area (Å²) in [6.07, 6.45) is 0.346. The Morgan fingerprint density at radius 2 is 2.21 bits per heavy atom. The SMILES string of the molecule is Nc1ccc(C(=O)N2C[C@H]3COCC[C@@]3(C(=O)O)C2)cc1[N+](=O)[O-]. The van der Waals surface area contributed by atoms with Crippen molar-refractivity contribution in [1.82, 2.24) is 4.90 Å². The second-order valence-corrected chi connectivity index (χ2v) is 6.20. The van der Waals surface area contributed by atoms with E-state index in [9.17, 15) is 24.8 Å². The van der Waals surface area contributed by atoms with Gasteiger partial charge >= 0.3 is 5.97 Å². The maximum atomic E-state index is 12.7. The smallest absolute Gasteiger partial charge is 0.311 e. The molecule has 2 aliphatic rings. The van der Waals surface area contributed by atoms with Gasteiger partial charge in [-0.1, -0.05) is 0 Å². The van der Waals surface area contributed by atoms with Crippen LogP contribution in [-0.2, 0) is 9.53 Å². The number of carbonyl (C=O) groups excluding carboxylic acids is 1. The van der Waals surface area contributed by atoms with Gasteiger partial charge in [0.25, 0.3) is 11.6 Å². The zero-order chi connectivity index (χ0) is 17.5. The molecular weight excluding hydrogens is 318 g/mol. The van der Waals surface area contributed by atoms with Gasteiger partial charge < -0.3 is 20.5 Å². The summed E-state index contributed by atoms with van der Waals surface area (Å²) in [4.78, 5) is 36.2. The van der Waals surface area contributed by atoms with Crippen LogP contribution in [0.25, 0.3) is 0 Å². The van der Waals surface area contributed by atoms with Crippen LogP contribution in [0.2, 0.25) is 0 Å². The van der Waals surface area contributed by atoms with Crippen molar-refractivity contribution in [3.05, 3.63) is 33.9 Å². The number of aliphatic carboxylic acids is 1. The Labute approximate surface area is 137 Å². The predicted molar refractivity (Wildman–Crippen MR) is 82.4 cm³/mol. The quantitative estimate of drug-likeness (QED) is 0.472. The first-order valence-corrected chi connectivity index (χ1v) is 7.49. The lowest BCUT2D eigenvalue weighted by Crippen LogP contribution is -2.45. The third-order valence-electron chi connectivity index (χ3n) is 4.89. The van der Waals surface area contributed by atoms with Gasteiger partial charge in [-0.25, -0.2) is 0 Å². The van der Waals surface area contributed by atoms with Gasteiger partial charge in [0.2, 0.25) is 0 Å². The van der Waals surface area contributed by atoms with E-state index in [2.05, 4.69) is 0 Å². The first-order chi connectivity index (χ1) is 11.3. The number of amides is 1. The largest absolute Gasteiger partial charge is 0.481 e. The number of benzene rings is 1. The lowest BCUT2D eigenvalue weighted by molar-refractivity contribution is -0.383. The zero-order valence-electron chi connectivity index (χ0n) is 12.8. The number of likely N-dealkylation sites (tertiary alicyclic amines) is 1. The fourth-order valence-corrected chi connectivity index (χ4v) is 3.47. The van der Waals surface area contributed by atoms with Crippen molar-refractivity contribution < 1.29 is 24.4 Å². The number of nitro groups is 1. The van der Waals surface area contributed by atoms with Gasteiger partial charge in [0, 0.05) is 37.2 Å². The third-order valence-corrected chi connectivity index (χ3v) is 4.89. The zero-order valence-corrected chi connectivity index (χ0v) is 12.8. The fourth-order valence-electron chi connectivity index (χ4n) is 3.47. The number of ether oxygens (including phenoxy) is 1. The molecule has 9 nitrogen and oxygen atoms in total. The predicted octanol–water partition coefficient (Wildman–Crippen LogP) is 0.740. The molecule has 128 valence electrons. The highest BCUT2D eigenvalue weighted by Crippen LogP contribution is 2.43. The van der Waals surface area contributed by atoms with E-state index in [4.69, 9.17) is 10.5 Å². The van der Waals surface area contributed by atoms with E-state index < -0.39 is 22.2 Å². The van der Waals surface area contributed by atoms with Crippen molar-refractivity contribution in [2.75, 3.05) is 32.0 Å². The molecule has 1 aromatic rings. The molecule has 2 saturated heterocycles. The number of carbonyl (C=O) groups is 2. The Morgan fingerprint density at radius 1 is 1.46 bits per heavy atom. The topological polar surface area (TPSA) is 136 Å². The molecule has 1 aromatic carbocycles. The molecule has 1 amide bonds. The lowest BCUT2D eigenvalue weighted by atomic mass is 9.74. The second-order valence-electron chi connectivity index (χ2n) is 6.20. The third kappa shape index (κ3) is 2.46. The van der Waals surface area contributed by atoms with Crippen LogP contribution in [0.15, 0.2) is 18.2 Å². The number of rotatable bonds is 3. The number of hydrogen-bond acceptors (Lipinski definition) is 6. The molecule has 2 fully saturated rings. The van der Waals surface area contributed by atoms with Gasteiger partial charge in [0.15, 0.2) is 0 Å². The Balaban J connectivity index is 1.88. The Hall–Kier alpha value is -2.68. The number of carboxylic acids is 1. The molecule has 24 heavy (non-hydrogen) atoms. The summed E-state index contributed by atoms with van der Waals surface area (Å²) >= 11 is 0. The van der Waals surface area contributed by atoms with E-state index in [1.54, 1.807) is 0 Å². The molecule has 0 bridgehead atoms. The van der Waals surface area contributed by atoms with Crippen molar-refractivity contribution >= 4 is 23.3 Å². The molecular formula is C15H17N3O6. The first kappa shape index (κ1) is 16.2. The van der Waals surface area contributed by atoms with E-state index in [1.165, 1.54) is 17.0 Å². The van der Waals surface area contributed by atoms with E-state index in [0.29, 0.717) is 13.0 Å². The average Bonchev–Trinajstić information content (AvgIpc) is 2.95. The number of hydrogen-bond donors (Lipinski definition) is 2. The summed E-state index contributed by atoms with van der Waals surface area (Å²) < 4.78 is 5.35. The van der Waals surface area contributed by atoms with Crippen LogP contribution >= 0.6 is 0 Å². The van der Waals surface area contributed by atoms with Crippen LogP contribution in [0.3, 0.4) is 0 Å². The molecule has 9 heteroatoms. The van der Waals surface area contributed by atoms with Gasteiger partial charge in [-0.2, -0.15) is 0 Å². The highest BCUT2D eigenvalue weighted by molar-refractivity contribution is 5.96. The van der Waals surface area contributed by atoms with Gasteiger partial charge in [0.05, 0.1) is 16.9 Å². The highest BCUT2D eigenvalue weighted by Gasteiger charge is 2.55. The molecule has 0 unspecified atom stereocenters. The van der Waals surface area contributed by atoms with Gasteiger partial charge in [-0.15, -0.1) is 0 Å². The normalized spacial score (nSPS) is 26.0. The number of fused-ring (bicyclic) bond motifs is 1. The number of nitro benzene ring substituents is 1. The molecule has 0 aliphatic carbocycles. The van der Waals surface area contributed by atoms with Crippen LogP contribution in [0.5, 0.6) is 0 Å². The summed E-state index contributed by atoms with van der Waals surface area (Å²) in [5, 5.41) is 20.6. The molecule has 0 radical (unpaired) electrons. The minimum absolute atomic E-state index is 0.0259. The van der Waals surface area contributed by atoms with Gasteiger partial charge in [-0.3, -0.25) is 19.7 Å². The lowest BCUT2D eigenvalue weighted by Gasteiger charge is -2.33. The Bertz CT molecular complexity index is 721. The molecule has 2 heterocycles. The van der Waals surface area contributed by atoms with Crippen molar-refractivity contribution in [2.45, 2.75) is 6.42 Å². The summed E-state index contributed by atoms with van der Waals surface area (Å²) in [5.74, 6) is -1.65. The number of nitrogens with zero attached hydrogens (tertiary/aromatic N) is 2. The number of nitrogen functional groups attached to an aromatic ring is 1. The van der Waals surface area contributed by atoms with Crippen molar-refractivity contribution in [1.29, 1.82) is 0 Å². The van der Waals surface area contributed by atoms with Gasteiger partial charge in [-0.05, 0) is 18.6 Å². The highest BCUT2D eigenvalue weighted by atomic mass is 16.6. The molecule has 3 rings (SSSR count). The maximum Gasteiger partial charge on any atom is 0.311 e. The summed E-state index contributed by atoms with van der Waals surface area (Å²) in [7, 11) is 0. The van der Waals surface area contributed by atoms with E-state index in [-0.39, 0.29) is 42.6 Å². The molecule has 0 spiro atoms. The Kier molecular flexibility index (Phi) is 3.88. The van der Waals surface area contributed by atoms with Crippen LogP contribution in [0, 0.1) is 21.4 Å². The molecule has 0 saturated carbocycles. The van der Waals surface area contributed by atoms with Crippen molar-refractivity contribution in [2.24, 2.45) is 11.3 Å². The fraction of sp³-hybridized carbons (Fsp3) is 0.467. The van der Waals surface area contributed by atoms with Crippen LogP contribution in [0.4, 0.5) is 11.4 Å². The first-order valence-electron chi connectivity index (χ1n) is 7.49. The summed E-state index contributed by atoms with van der Waals surface area (Å²) in [5.41, 5.74) is 4.29. The maximum absolute atomic E-state index is 12.7. The molecule has 2 atom stereocenters. The van der Waals surface area contributed by atoms with Gasteiger partial charge in [0.1, 0.15) is 5.69 Å². The van der Waals surface area contributed by atoms with Crippen LogP contribution in [0.1, 0.15) is 16.8 Å². The summed E-state index contributed by atoms with van der Waals surface area (Å²) in [6.45, 7) is 0.965. The minimum Gasteiger partial charge on any atom is -0.481 e. The number of nitrogens with two attached hydrogens (primary N) is 1. The summed E-state index contributed by atoms with van der Waals surface area (Å²) in [6, 6.07) is 3.85. The molecule has 0 aromatic heterocycles. The molecule has 3 N–H and O–H groups in total. The standard InChI is InChI=1S/C15H17N3O6/c16-11-2-1-9(5-12(11)18(22)23)13(19)17-6-10-7-24-4-3-15(10,8-17)14(20)21/h1-2,5,10H,3-4,6-8,16H2,(H,20,21)/t10-,15+/m0/s1. The van der Waals surface area contributed by atoms with E-state index in [1.807, 2.05) is 0 Å². The number of anilines is 1. The van der Waals surface area contributed by atoms with Crippen LogP contribution < -0.4 is 5.73 Å². The van der Waals surface area contributed by atoms with Crippen LogP contribution in [-0.4, -0.2) is 53.1 Å². The van der Waals surface area contributed by atoms with E-state index in [0.717, 1.165) is 6.07 Å².